The third-order valence-electron chi connectivity index (χ3n) is 2.14. The maximum Gasteiger partial charge on any atom is 0.330 e. The molecule has 0 saturated carbocycles. The fraction of sp³-hybridized carbons (Fsp3) is 0.154. The van der Waals surface area contributed by atoms with E-state index in [9.17, 15) is 14.4 Å². The van der Waals surface area contributed by atoms with Crippen LogP contribution in [0.4, 0.5) is 0 Å². The molecule has 0 atom stereocenters. The number of esters is 1. The molecule has 0 unspecified atom stereocenters. The molecule has 5 heteroatoms. The van der Waals surface area contributed by atoms with Crippen LogP contribution in [0.25, 0.3) is 0 Å². The van der Waals surface area contributed by atoms with Gasteiger partial charge in [-0.15, -0.1) is 0 Å². The Balaban J connectivity index is 2.62. The van der Waals surface area contributed by atoms with E-state index in [2.05, 4.69) is 0 Å². The van der Waals surface area contributed by atoms with E-state index in [-0.39, 0.29) is 17.7 Å². The van der Waals surface area contributed by atoms with Crippen molar-refractivity contribution in [3.05, 3.63) is 41.5 Å². The lowest BCUT2D eigenvalue weighted by Crippen LogP contribution is -2.07. The molecule has 0 saturated heterocycles. The van der Waals surface area contributed by atoms with E-state index in [0.717, 1.165) is 0 Å². The van der Waals surface area contributed by atoms with Gasteiger partial charge in [0.2, 0.25) is 0 Å². The summed E-state index contributed by atoms with van der Waals surface area (Å²) in [6.45, 7) is 1.39. The molecule has 1 N–H and O–H groups in total. The highest BCUT2D eigenvalue weighted by Crippen LogP contribution is 2.13. The quantitative estimate of drug-likeness (QED) is 0.372. The maximum atomic E-state index is 11.4. The average molecular weight is 248 g/mol. The van der Waals surface area contributed by atoms with Gasteiger partial charge in [0.1, 0.15) is 12.0 Å². The van der Waals surface area contributed by atoms with Gasteiger partial charge in [-0.3, -0.25) is 9.59 Å². The summed E-state index contributed by atoms with van der Waals surface area (Å²) < 4.78 is 4.95. The van der Waals surface area contributed by atoms with Crippen LogP contribution in [0.3, 0.4) is 0 Å². The SMILES string of the molecule is CC(=CCC(=O)Oc1cccc(C=O)c1)C(=O)O. The summed E-state index contributed by atoms with van der Waals surface area (Å²) in [5.41, 5.74) is 0.478. The van der Waals surface area contributed by atoms with E-state index in [1.807, 2.05) is 0 Å². The highest BCUT2D eigenvalue weighted by Gasteiger charge is 2.06. The molecule has 1 aromatic rings. The molecular formula is C13H12O5. The molecule has 0 aliphatic heterocycles. The zero-order valence-electron chi connectivity index (χ0n) is 9.75. The van der Waals surface area contributed by atoms with Crippen molar-refractivity contribution < 1.29 is 24.2 Å². The van der Waals surface area contributed by atoms with Gasteiger partial charge in [0.25, 0.3) is 0 Å². The second-order valence-corrected chi connectivity index (χ2v) is 3.56. The number of hydrogen-bond acceptors (Lipinski definition) is 4. The third kappa shape index (κ3) is 4.21. The minimum Gasteiger partial charge on any atom is -0.478 e. The Kier molecular flexibility index (Phi) is 4.80. The fourth-order valence-corrected chi connectivity index (χ4v) is 1.15. The molecule has 0 aliphatic carbocycles. The van der Waals surface area contributed by atoms with E-state index in [4.69, 9.17) is 9.84 Å². The Morgan fingerprint density at radius 1 is 1.39 bits per heavy atom. The lowest BCUT2D eigenvalue weighted by molar-refractivity contribution is -0.133. The minimum absolute atomic E-state index is 0.0774. The van der Waals surface area contributed by atoms with E-state index in [1.165, 1.54) is 19.1 Å². The number of carboxylic acids is 1. The highest BCUT2D eigenvalue weighted by molar-refractivity contribution is 5.87. The third-order valence-corrected chi connectivity index (χ3v) is 2.14. The number of carbonyl (C=O) groups is 3. The van der Waals surface area contributed by atoms with Gasteiger partial charge in [0.05, 0.1) is 6.42 Å². The van der Waals surface area contributed by atoms with Crippen molar-refractivity contribution in [3.63, 3.8) is 0 Å². The Hall–Kier alpha value is -2.43. The number of aliphatic carboxylic acids is 1. The van der Waals surface area contributed by atoms with Gasteiger partial charge in [-0.1, -0.05) is 18.2 Å². The Morgan fingerprint density at radius 2 is 2.11 bits per heavy atom. The number of carbonyl (C=O) groups excluding carboxylic acids is 2. The molecule has 0 bridgehead atoms. The molecule has 0 fully saturated rings. The van der Waals surface area contributed by atoms with Gasteiger partial charge in [0.15, 0.2) is 0 Å². The minimum atomic E-state index is -1.08. The maximum absolute atomic E-state index is 11.4. The van der Waals surface area contributed by atoms with Crippen LogP contribution >= 0.6 is 0 Å². The summed E-state index contributed by atoms with van der Waals surface area (Å²) in [4.78, 5) is 32.4. The van der Waals surface area contributed by atoms with Crippen LogP contribution < -0.4 is 4.74 Å². The Bertz CT molecular complexity index is 502. The zero-order chi connectivity index (χ0) is 13.5. The van der Waals surface area contributed by atoms with Crippen LogP contribution in [0.1, 0.15) is 23.7 Å². The lowest BCUT2D eigenvalue weighted by Gasteiger charge is -2.03. The number of ether oxygens (including phenoxy) is 1. The second kappa shape index (κ2) is 6.34. The van der Waals surface area contributed by atoms with Crippen LogP contribution in [-0.4, -0.2) is 23.3 Å². The predicted molar refractivity (Wildman–Crippen MR) is 63.5 cm³/mol. The molecule has 1 rings (SSSR count). The van der Waals surface area contributed by atoms with Gasteiger partial charge >= 0.3 is 11.9 Å². The summed E-state index contributed by atoms with van der Waals surface area (Å²) >= 11 is 0. The number of benzene rings is 1. The molecule has 1 aromatic carbocycles. The smallest absolute Gasteiger partial charge is 0.330 e. The first-order valence-corrected chi connectivity index (χ1v) is 5.19. The van der Waals surface area contributed by atoms with Crippen molar-refractivity contribution in [2.45, 2.75) is 13.3 Å². The second-order valence-electron chi connectivity index (χ2n) is 3.56. The fourth-order valence-electron chi connectivity index (χ4n) is 1.15. The number of hydrogen-bond donors (Lipinski definition) is 1. The summed E-state index contributed by atoms with van der Waals surface area (Å²) in [5, 5.41) is 8.59. The molecule has 5 nitrogen and oxygen atoms in total. The first-order valence-electron chi connectivity index (χ1n) is 5.19. The molecule has 0 spiro atoms. The Morgan fingerprint density at radius 3 is 2.72 bits per heavy atom. The largest absolute Gasteiger partial charge is 0.478 e. The van der Waals surface area contributed by atoms with E-state index in [0.29, 0.717) is 11.8 Å². The standard InChI is InChI=1S/C13H12O5/c1-9(13(16)17)5-6-12(15)18-11-4-2-3-10(7-11)8-14/h2-5,7-8H,6H2,1H3,(H,16,17). The van der Waals surface area contributed by atoms with Gasteiger partial charge in [-0.25, -0.2) is 4.79 Å². The van der Waals surface area contributed by atoms with Gasteiger partial charge < -0.3 is 9.84 Å². The van der Waals surface area contributed by atoms with Gasteiger partial charge in [-0.05, 0) is 19.1 Å². The van der Waals surface area contributed by atoms with E-state index in [1.54, 1.807) is 18.2 Å². The van der Waals surface area contributed by atoms with Crippen molar-refractivity contribution in [2.75, 3.05) is 0 Å². The predicted octanol–water partition coefficient (Wildman–Crippen LogP) is 1.83. The van der Waals surface area contributed by atoms with Crippen molar-refractivity contribution in [1.29, 1.82) is 0 Å². The average Bonchev–Trinajstić information content (AvgIpc) is 2.36. The molecule has 0 heterocycles. The summed E-state index contributed by atoms with van der Waals surface area (Å²) in [7, 11) is 0. The molecule has 0 radical (unpaired) electrons. The van der Waals surface area contributed by atoms with Crippen LogP contribution in [0.2, 0.25) is 0 Å². The topological polar surface area (TPSA) is 80.7 Å². The van der Waals surface area contributed by atoms with Crippen molar-refractivity contribution in [2.24, 2.45) is 0 Å². The molecular weight excluding hydrogens is 236 g/mol. The number of rotatable bonds is 5. The van der Waals surface area contributed by atoms with Crippen LogP contribution in [-0.2, 0) is 9.59 Å². The van der Waals surface area contributed by atoms with Crippen LogP contribution in [0, 0.1) is 0 Å². The summed E-state index contributed by atoms with van der Waals surface area (Å²) in [5.74, 6) is -1.41. The van der Waals surface area contributed by atoms with E-state index < -0.39 is 11.9 Å². The van der Waals surface area contributed by atoms with Crippen LogP contribution in [0.15, 0.2) is 35.9 Å². The summed E-state index contributed by atoms with van der Waals surface area (Å²) in [6.07, 6.45) is 1.78. The molecule has 0 amide bonds. The van der Waals surface area contributed by atoms with Gasteiger partial charge in [-0.2, -0.15) is 0 Å². The van der Waals surface area contributed by atoms with Crippen molar-refractivity contribution >= 4 is 18.2 Å². The molecule has 0 aliphatic rings. The zero-order valence-corrected chi connectivity index (χ0v) is 9.75. The van der Waals surface area contributed by atoms with Crippen LogP contribution in [0.5, 0.6) is 5.75 Å². The van der Waals surface area contributed by atoms with E-state index >= 15 is 0 Å². The van der Waals surface area contributed by atoms with Crippen molar-refractivity contribution in [1.82, 2.24) is 0 Å². The normalized spacial score (nSPS) is 10.8. The first kappa shape index (κ1) is 13.6. The molecule has 94 valence electrons. The lowest BCUT2D eigenvalue weighted by atomic mass is 10.2. The summed E-state index contributed by atoms with van der Waals surface area (Å²) in [6, 6.07) is 6.14. The van der Waals surface area contributed by atoms with Gasteiger partial charge in [0, 0.05) is 11.1 Å². The molecule has 18 heavy (non-hydrogen) atoms. The monoisotopic (exact) mass is 248 g/mol. The number of carboxylic acid groups (broad SMARTS) is 1. The molecule has 0 aromatic heterocycles. The Labute approximate surface area is 104 Å². The first-order chi connectivity index (χ1) is 8.52. The van der Waals surface area contributed by atoms with Crippen molar-refractivity contribution in [3.8, 4) is 5.75 Å². The number of aldehydes is 1. The highest BCUT2D eigenvalue weighted by atomic mass is 16.5.